The molecule has 3 atom stereocenters. The minimum atomic E-state index is -4.06. The number of nitrogens with zero attached hydrogens (tertiary/aromatic N) is 1. The van der Waals surface area contributed by atoms with Crippen molar-refractivity contribution in [1.82, 2.24) is 4.90 Å². The summed E-state index contributed by atoms with van der Waals surface area (Å²) in [6.45, 7) is 0.154. The van der Waals surface area contributed by atoms with Crippen molar-refractivity contribution in [3.63, 3.8) is 0 Å². The van der Waals surface area contributed by atoms with Gasteiger partial charge in [0.05, 0.1) is 36.1 Å². The Balaban J connectivity index is 1.55. The van der Waals surface area contributed by atoms with E-state index in [2.05, 4.69) is 4.72 Å². The molecule has 0 saturated carbocycles. The Kier molecular flexibility index (Phi) is 6.76. The van der Waals surface area contributed by atoms with Gasteiger partial charge >= 0.3 is 5.97 Å². The summed E-state index contributed by atoms with van der Waals surface area (Å²) < 4.78 is 57.8. The standard InChI is InChI=1S/C23H25FN2O7S/c1-26-19-8-7-16(12-22(27)31-2)33-21(19)13-32-20-9-6-15(11-18(20)23(26)28)25-34(29,30)17-5-3-4-14(24)10-17/h3-6,9-11,16,19,21,25H,7-8,12-13H2,1-2H3/t16-,19-,21+/m0/s1. The number of hydrogen-bond donors (Lipinski definition) is 1. The zero-order valence-corrected chi connectivity index (χ0v) is 19.5. The highest BCUT2D eigenvalue weighted by atomic mass is 32.2. The second-order valence-corrected chi connectivity index (χ2v) is 9.90. The van der Waals surface area contributed by atoms with Gasteiger partial charge < -0.3 is 19.1 Å². The molecule has 0 aromatic heterocycles. The SMILES string of the molecule is COC(=O)C[C@@H]1CC[C@H]2[C@@H](COc3ccc(NS(=O)(=O)c4cccc(F)c4)cc3C(=O)N2C)O1. The first-order valence-electron chi connectivity index (χ1n) is 10.7. The van der Waals surface area contributed by atoms with E-state index in [1.165, 1.54) is 37.4 Å². The van der Waals surface area contributed by atoms with E-state index in [1.807, 2.05) is 0 Å². The predicted octanol–water partition coefficient (Wildman–Crippen LogP) is 2.57. The van der Waals surface area contributed by atoms with Crippen molar-refractivity contribution in [2.24, 2.45) is 0 Å². The minimum absolute atomic E-state index is 0.128. The van der Waals surface area contributed by atoms with E-state index in [4.69, 9.17) is 14.2 Å². The van der Waals surface area contributed by atoms with Crippen LogP contribution in [0, 0.1) is 5.82 Å². The van der Waals surface area contributed by atoms with Crippen LogP contribution in [-0.2, 0) is 24.3 Å². The molecule has 2 aliphatic heterocycles. The number of benzene rings is 2. The first-order valence-corrected chi connectivity index (χ1v) is 12.2. The normalized spacial score (nSPS) is 22.5. The lowest BCUT2D eigenvalue weighted by molar-refractivity contribution is -0.151. The second-order valence-electron chi connectivity index (χ2n) is 8.22. The Morgan fingerprint density at radius 3 is 2.76 bits per heavy atom. The van der Waals surface area contributed by atoms with Crippen molar-refractivity contribution < 1.29 is 36.6 Å². The molecule has 1 saturated heterocycles. The van der Waals surface area contributed by atoms with Crippen LogP contribution in [0.4, 0.5) is 10.1 Å². The molecule has 2 aromatic carbocycles. The maximum Gasteiger partial charge on any atom is 0.308 e. The fourth-order valence-corrected chi connectivity index (χ4v) is 5.29. The van der Waals surface area contributed by atoms with Gasteiger partial charge in [-0.1, -0.05) is 6.07 Å². The Hall–Kier alpha value is -3.18. The van der Waals surface area contributed by atoms with Gasteiger partial charge in [0.1, 0.15) is 24.3 Å². The Morgan fingerprint density at radius 1 is 1.24 bits per heavy atom. The number of fused-ring (bicyclic) bond motifs is 2. The van der Waals surface area contributed by atoms with E-state index < -0.39 is 21.9 Å². The van der Waals surface area contributed by atoms with Crippen molar-refractivity contribution >= 4 is 27.6 Å². The third-order valence-electron chi connectivity index (χ3n) is 5.99. The van der Waals surface area contributed by atoms with E-state index in [9.17, 15) is 22.4 Å². The van der Waals surface area contributed by atoms with E-state index in [0.717, 1.165) is 12.1 Å². The van der Waals surface area contributed by atoms with E-state index in [1.54, 1.807) is 11.9 Å². The number of ether oxygens (including phenoxy) is 3. The molecule has 0 unspecified atom stereocenters. The fourth-order valence-electron chi connectivity index (χ4n) is 4.21. The molecule has 11 heteroatoms. The lowest BCUT2D eigenvalue weighted by Crippen LogP contribution is -2.53. The molecule has 1 fully saturated rings. The molecule has 34 heavy (non-hydrogen) atoms. The van der Waals surface area contributed by atoms with Crippen LogP contribution in [0.15, 0.2) is 47.4 Å². The zero-order valence-electron chi connectivity index (χ0n) is 18.7. The molecule has 2 aliphatic rings. The molecule has 2 heterocycles. The van der Waals surface area contributed by atoms with Crippen molar-refractivity contribution in [2.75, 3.05) is 25.5 Å². The third kappa shape index (κ3) is 5.00. The van der Waals surface area contributed by atoms with E-state index in [0.29, 0.717) is 12.8 Å². The molecule has 0 radical (unpaired) electrons. The first kappa shape index (κ1) is 24.0. The number of sulfonamides is 1. The molecule has 1 amide bonds. The number of amides is 1. The highest BCUT2D eigenvalue weighted by molar-refractivity contribution is 7.92. The van der Waals surface area contributed by atoms with Gasteiger partial charge in [0.2, 0.25) is 0 Å². The van der Waals surface area contributed by atoms with E-state index in [-0.39, 0.29) is 58.9 Å². The highest BCUT2D eigenvalue weighted by Gasteiger charge is 2.39. The van der Waals surface area contributed by atoms with Gasteiger partial charge in [0.25, 0.3) is 15.9 Å². The molecule has 0 aliphatic carbocycles. The number of methoxy groups -OCH3 is 1. The number of likely N-dealkylation sites (N-methyl/N-ethyl adjacent to an activating group) is 1. The van der Waals surface area contributed by atoms with Crippen LogP contribution in [0.25, 0.3) is 0 Å². The number of esters is 1. The van der Waals surface area contributed by atoms with Crippen LogP contribution in [0.5, 0.6) is 5.75 Å². The van der Waals surface area contributed by atoms with Gasteiger partial charge in [-0.25, -0.2) is 12.8 Å². The van der Waals surface area contributed by atoms with Crippen molar-refractivity contribution in [2.45, 2.75) is 42.4 Å². The smallest absolute Gasteiger partial charge is 0.308 e. The molecular weight excluding hydrogens is 467 g/mol. The summed E-state index contributed by atoms with van der Waals surface area (Å²) in [7, 11) is -1.08. The Bertz CT molecular complexity index is 1200. The summed E-state index contributed by atoms with van der Waals surface area (Å²) in [6, 6.07) is 8.72. The lowest BCUT2D eigenvalue weighted by atomic mass is 9.94. The molecule has 2 aromatic rings. The van der Waals surface area contributed by atoms with Crippen LogP contribution in [0.1, 0.15) is 29.6 Å². The number of carbonyl (C=O) groups is 2. The molecule has 4 rings (SSSR count). The molecule has 9 nitrogen and oxygen atoms in total. The predicted molar refractivity (Wildman–Crippen MR) is 120 cm³/mol. The summed E-state index contributed by atoms with van der Waals surface area (Å²) >= 11 is 0. The van der Waals surface area contributed by atoms with Crippen molar-refractivity contribution in [3.05, 3.63) is 53.8 Å². The quantitative estimate of drug-likeness (QED) is 0.639. The maximum atomic E-state index is 13.5. The van der Waals surface area contributed by atoms with E-state index >= 15 is 0 Å². The average Bonchev–Trinajstić information content (AvgIpc) is 2.81. The molecular formula is C23H25FN2O7S. The Labute approximate surface area is 196 Å². The average molecular weight is 493 g/mol. The summed E-state index contributed by atoms with van der Waals surface area (Å²) in [5.41, 5.74) is 0.334. The van der Waals surface area contributed by atoms with Crippen LogP contribution >= 0.6 is 0 Å². The van der Waals surface area contributed by atoms with Crippen LogP contribution in [0.2, 0.25) is 0 Å². The summed E-state index contributed by atoms with van der Waals surface area (Å²) in [6.07, 6.45) is 0.562. The number of nitrogens with one attached hydrogen (secondary N) is 1. The van der Waals surface area contributed by atoms with Gasteiger partial charge in [0, 0.05) is 12.7 Å². The third-order valence-corrected chi connectivity index (χ3v) is 7.37. The van der Waals surface area contributed by atoms with Crippen LogP contribution in [-0.4, -0.2) is 64.2 Å². The Morgan fingerprint density at radius 2 is 2.03 bits per heavy atom. The largest absolute Gasteiger partial charge is 0.490 e. The van der Waals surface area contributed by atoms with Crippen molar-refractivity contribution in [1.29, 1.82) is 0 Å². The fraction of sp³-hybridized carbons (Fsp3) is 0.391. The van der Waals surface area contributed by atoms with Gasteiger partial charge in [-0.15, -0.1) is 0 Å². The molecule has 0 spiro atoms. The molecule has 182 valence electrons. The second kappa shape index (κ2) is 9.59. The number of hydrogen-bond acceptors (Lipinski definition) is 7. The first-order chi connectivity index (χ1) is 16.2. The number of anilines is 1. The maximum absolute atomic E-state index is 13.5. The number of rotatable bonds is 5. The van der Waals surface area contributed by atoms with Crippen LogP contribution in [0.3, 0.4) is 0 Å². The summed E-state index contributed by atoms with van der Waals surface area (Å²) in [5, 5.41) is 0. The van der Waals surface area contributed by atoms with Gasteiger partial charge in [-0.05, 0) is 49.2 Å². The van der Waals surface area contributed by atoms with Crippen LogP contribution < -0.4 is 9.46 Å². The van der Waals surface area contributed by atoms with Gasteiger partial charge in [0.15, 0.2) is 0 Å². The lowest BCUT2D eigenvalue weighted by Gasteiger charge is -2.42. The summed E-state index contributed by atoms with van der Waals surface area (Å²) in [4.78, 5) is 26.2. The molecule has 1 N–H and O–H groups in total. The highest BCUT2D eigenvalue weighted by Crippen LogP contribution is 2.33. The number of halogens is 1. The van der Waals surface area contributed by atoms with Crippen molar-refractivity contribution in [3.8, 4) is 5.75 Å². The molecule has 0 bridgehead atoms. The zero-order chi connectivity index (χ0) is 24.5. The topological polar surface area (TPSA) is 111 Å². The monoisotopic (exact) mass is 492 g/mol. The van der Waals surface area contributed by atoms with Gasteiger partial charge in [-0.2, -0.15) is 0 Å². The minimum Gasteiger partial charge on any atom is -0.490 e. The number of carbonyl (C=O) groups excluding carboxylic acids is 2. The summed E-state index contributed by atoms with van der Waals surface area (Å²) in [5.74, 6) is -1.11. The van der Waals surface area contributed by atoms with Gasteiger partial charge in [-0.3, -0.25) is 14.3 Å².